The van der Waals surface area contributed by atoms with Gasteiger partial charge in [0, 0.05) is 0 Å². The van der Waals surface area contributed by atoms with E-state index in [-0.39, 0.29) is 6.61 Å². The summed E-state index contributed by atoms with van der Waals surface area (Å²) in [7, 11) is 0. The third kappa shape index (κ3) is 2.78. The Morgan fingerprint density at radius 3 is 2.88 bits per heavy atom. The van der Waals surface area contributed by atoms with Gasteiger partial charge in [-0.15, -0.1) is 0 Å². The first-order chi connectivity index (χ1) is 8.18. The molecular weight excluding hydrogens is 212 g/mol. The van der Waals surface area contributed by atoms with E-state index >= 15 is 0 Å². The van der Waals surface area contributed by atoms with Gasteiger partial charge in [-0.1, -0.05) is 19.1 Å². The minimum absolute atomic E-state index is 0.279. The Morgan fingerprint density at radius 1 is 1.53 bits per heavy atom. The van der Waals surface area contributed by atoms with Gasteiger partial charge in [0.05, 0.1) is 6.07 Å². The summed E-state index contributed by atoms with van der Waals surface area (Å²) in [5.74, 6) is 1.11. The van der Waals surface area contributed by atoms with Crippen molar-refractivity contribution < 1.29 is 4.74 Å². The molecule has 0 saturated heterocycles. The summed E-state index contributed by atoms with van der Waals surface area (Å²) in [5, 5.41) is 9.12. The average Bonchev–Trinajstić information content (AvgIpc) is 3.21. The van der Waals surface area contributed by atoms with E-state index in [9.17, 15) is 0 Å². The van der Waals surface area contributed by atoms with Crippen LogP contribution in [0, 0.1) is 17.2 Å². The monoisotopic (exact) mass is 230 g/mol. The van der Waals surface area contributed by atoms with E-state index in [1.807, 2.05) is 18.2 Å². The fraction of sp³-hybridized carbons (Fsp3) is 0.500. The Kier molecular flexibility index (Phi) is 3.35. The van der Waals surface area contributed by atoms with Gasteiger partial charge in [0.25, 0.3) is 0 Å². The smallest absolute Gasteiger partial charge is 0.141 e. The van der Waals surface area contributed by atoms with Gasteiger partial charge < -0.3 is 10.5 Å². The number of aryl methyl sites for hydroxylation is 1. The molecule has 1 fully saturated rings. The Morgan fingerprint density at radius 2 is 2.29 bits per heavy atom. The second-order valence-corrected chi connectivity index (χ2v) is 4.72. The van der Waals surface area contributed by atoms with Crippen molar-refractivity contribution in [3.8, 4) is 11.8 Å². The molecule has 0 heterocycles. The summed E-state index contributed by atoms with van der Waals surface area (Å²) in [6.45, 7) is 2.38. The molecule has 0 aromatic heterocycles. The molecule has 1 aliphatic carbocycles. The van der Waals surface area contributed by atoms with E-state index in [4.69, 9.17) is 15.7 Å². The summed E-state index contributed by atoms with van der Waals surface area (Å²) in [6, 6.07) is 10.1. The van der Waals surface area contributed by atoms with Crippen LogP contribution in [0.2, 0.25) is 0 Å². The zero-order valence-corrected chi connectivity index (χ0v) is 10.1. The predicted molar refractivity (Wildman–Crippen MR) is 66.6 cm³/mol. The van der Waals surface area contributed by atoms with E-state index in [0.29, 0.717) is 5.92 Å². The van der Waals surface area contributed by atoms with Crippen molar-refractivity contribution in [3.05, 3.63) is 29.8 Å². The fourth-order valence-corrected chi connectivity index (χ4v) is 1.90. The lowest BCUT2D eigenvalue weighted by Gasteiger charge is -2.21. The molecule has 0 spiro atoms. The quantitative estimate of drug-likeness (QED) is 0.844. The lowest BCUT2D eigenvalue weighted by Crippen LogP contribution is -2.46. The van der Waals surface area contributed by atoms with E-state index < -0.39 is 5.54 Å². The van der Waals surface area contributed by atoms with Gasteiger partial charge in [0.1, 0.15) is 17.9 Å². The average molecular weight is 230 g/mol. The van der Waals surface area contributed by atoms with E-state index in [0.717, 1.165) is 25.0 Å². The second kappa shape index (κ2) is 4.77. The van der Waals surface area contributed by atoms with Crippen molar-refractivity contribution in [1.82, 2.24) is 0 Å². The molecule has 1 aliphatic rings. The third-order valence-electron chi connectivity index (χ3n) is 3.30. The van der Waals surface area contributed by atoms with Crippen LogP contribution in [0.15, 0.2) is 24.3 Å². The van der Waals surface area contributed by atoms with Crippen molar-refractivity contribution in [2.45, 2.75) is 31.7 Å². The normalized spacial score (nSPS) is 18.2. The van der Waals surface area contributed by atoms with E-state index in [2.05, 4.69) is 19.1 Å². The van der Waals surface area contributed by atoms with Gasteiger partial charge in [0.15, 0.2) is 0 Å². The van der Waals surface area contributed by atoms with Gasteiger partial charge in [-0.2, -0.15) is 5.26 Å². The standard InChI is InChI=1S/C14H18N2O/c1-2-11-4-3-5-13(8-11)17-10-14(16,9-15)12-6-7-12/h3-5,8,12H,2,6-7,10,16H2,1H3. The van der Waals surface area contributed by atoms with Crippen molar-refractivity contribution >= 4 is 0 Å². The van der Waals surface area contributed by atoms with Crippen LogP contribution >= 0.6 is 0 Å². The summed E-state index contributed by atoms with van der Waals surface area (Å²) in [4.78, 5) is 0. The third-order valence-corrected chi connectivity index (χ3v) is 3.30. The molecule has 0 aliphatic heterocycles. The highest BCUT2D eigenvalue weighted by Crippen LogP contribution is 2.38. The molecule has 2 N–H and O–H groups in total. The molecule has 17 heavy (non-hydrogen) atoms. The number of ether oxygens (including phenoxy) is 1. The van der Waals surface area contributed by atoms with Crippen LogP contribution in [0.1, 0.15) is 25.3 Å². The van der Waals surface area contributed by atoms with Crippen LogP contribution in [-0.4, -0.2) is 12.1 Å². The highest BCUT2D eigenvalue weighted by Gasteiger charge is 2.43. The summed E-state index contributed by atoms with van der Waals surface area (Å²) >= 11 is 0. The van der Waals surface area contributed by atoms with E-state index in [1.165, 1.54) is 5.56 Å². The van der Waals surface area contributed by atoms with Crippen molar-refractivity contribution in [1.29, 1.82) is 5.26 Å². The largest absolute Gasteiger partial charge is 0.491 e. The number of rotatable bonds is 5. The van der Waals surface area contributed by atoms with Crippen LogP contribution in [0.3, 0.4) is 0 Å². The molecule has 0 amide bonds. The minimum atomic E-state index is -0.817. The highest BCUT2D eigenvalue weighted by atomic mass is 16.5. The lowest BCUT2D eigenvalue weighted by molar-refractivity contribution is 0.237. The molecule has 1 saturated carbocycles. The van der Waals surface area contributed by atoms with Crippen LogP contribution in [0.5, 0.6) is 5.75 Å². The maximum atomic E-state index is 9.12. The molecule has 3 heteroatoms. The van der Waals surface area contributed by atoms with E-state index in [1.54, 1.807) is 0 Å². The predicted octanol–water partition coefficient (Wildman–Crippen LogP) is 2.26. The Labute approximate surface area is 102 Å². The lowest BCUT2D eigenvalue weighted by atomic mass is 9.98. The molecule has 1 aromatic carbocycles. The molecule has 90 valence electrons. The van der Waals surface area contributed by atoms with Crippen molar-refractivity contribution in [2.75, 3.05) is 6.61 Å². The molecule has 2 rings (SSSR count). The zero-order chi connectivity index (χ0) is 12.3. The van der Waals surface area contributed by atoms with Gasteiger partial charge in [0.2, 0.25) is 0 Å². The number of nitriles is 1. The maximum absolute atomic E-state index is 9.12. The van der Waals surface area contributed by atoms with Gasteiger partial charge in [-0.05, 0) is 42.9 Å². The number of nitrogens with two attached hydrogens (primary N) is 1. The summed E-state index contributed by atoms with van der Waals surface area (Å²) in [5.41, 5.74) is 6.45. The number of hydrogen-bond donors (Lipinski definition) is 1. The Bertz CT molecular complexity index is 434. The van der Waals surface area contributed by atoms with Crippen LogP contribution in [0.4, 0.5) is 0 Å². The molecule has 0 bridgehead atoms. The molecule has 1 aromatic rings. The van der Waals surface area contributed by atoms with Crippen LogP contribution < -0.4 is 10.5 Å². The minimum Gasteiger partial charge on any atom is -0.491 e. The number of hydrogen-bond acceptors (Lipinski definition) is 3. The summed E-state index contributed by atoms with van der Waals surface area (Å²) in [6.07, 6.45) is 3.07. The zero-order valence-electron chi connectivity index (χ0n) is 10.1. The van der Waals surface area contributed by atoms with Gasteiger partial charge in [-0.3, -0.25) is 0 Å². The summed E-state index contributed by atoms with van der Waals surface area (Å²) < 4.78 is 5.66. The van der Waals surface area contributed by atoms with Crippen LogP contribution in [0.25, 0.3) is 0 Å². The topological polar surface area (TPSA) is 59.0 Å². The number of benzene rings is 1. The van der Waals surface area contributed by atoms with Crippen molar-refractivity contribution in [3.63, 3.8) is 0 Å². The first-order valence-corrected chi connectivity index (χ1v) is 6.10. The first kappa shape index (κ1) is 11.9. The first-order valence-electron chi connectivity index (χ1n) is 6.10. The van der Waals surface area contributed by atoms with Crippen molar-refractivity contribution in [2.24, 2.45) is 11.7 Å². The van der Waals surface area contributed by atoms with Gasteiger partial charge in [-0.25, -0.2) is 0 Å². The maximum Gasteiger partial charge on any atom is 0.141 e. The Hall–Kier alpha value is -1.53. The molecule has 0 radical (unpaired) electrons. The molecular formula is C14H18N2O. The Balaban J connectivity index is 1.99. The molecule has 1 unspecified atom stereocenters. The SMILES string of the molecule is CCc1cccc(OCC(N)(C#N)C2CC2)c1. The molecule has 1 atom stereocenters. The number of nitrogens with zero attached hydrogens (tertiary/aromatic N) is 1. The highest BCUT2D eigenvalue weighted by molar-refractivity contribution is 5.29. The molecule has 3 nitrogen and oxygen atoms in total. The fourth-order valence-electron chi connectivity index (χ4n) is 1.90. The van der Waals surface area contributed by atoms with Crippen LogP contribution in [-0.2, 0) is 6.42 Å². The van der Waals surface area contributed by atoms with Gasteiger partial charge >= 0.3 is 0 Å². The second-order valence-electron chi connectivity index (χ2n) is 4.72.